The highest BCUT2D eigenvalue weighted by Crippen LogP contribution is 2.28. The summed E-state index contributed by atoms with van der Waals surface area (Å²) in [6, 6.07) is 20.9. The van der Waals surface area contributed by atoms with Gasteiger partial charge in [0, 0.05) is 39.4 Å². The van der Waals surface area contributed by atoms with Crippen LogP contribution in [0, 0.1) is 6.92 Å². The maximum Gasteiger partial charge on any atom is 0.259 e. The van der Waals surface area contributed by atoms with Gasteiger partial charge in [-0.15, -0.1) is 0 Å². The molecule has 0 aliphatic heterocycles. The van der Waals surface area contributed by atoms with Crippen LogP contribution in [0.1, 0.15) is 16.8 Å². The fourth-order valence-corrected chi connectivity index (χ4v) is 4.05. The molecule has 5 nitrogen and oxygen atoms in total. The third-order valence-corrected chi connectivity index (χ3v) is 6.28. The normalized spacial score (nSPS) is 11.3. The SMILES string of the molecule is Cc1c(/C=N\NC(=O)CNc2ccc(Cl)cc2)c2ccccc2n1Cc1ccc(Cl)c(Cl)c1. The first-order valence-corrected chi connectivity index (χ1v) is 11.4. The van der Waals surface area contributed by atoms with E-state index in [9.17, 15) is 4.79 Å². The van der Waals surface area contributed by atoms with Crippen molar-refractivity contribution in [2.24, 2.45) is 5.10 Å². The first-order chi connectivity index (χ1) is 15.9. The number of hydrogen-bond acceptors (Lipinski definition) is 3. The topological polar surface area (TPSA) is 58.4 Å². The van der Waals surface area contributed by atoms with Crippen LogP contribution in [0.4, 0.5) is 5.69 Å². The summed E-state index contributed by atoms with van der Waals surface area (Å²) in [6.45, 7) is 2.76. The zero-order valence-electron chi connectivity index (χ0n) is 17.8. The summed E-state index contributed by atoms with van der Waals surface area (Å²) in [7, 11) is 0. The van der Waals surface area contributed by atoms with Gasteiger partial charge < -0.3 is 9.88 Å². The van der Waals surface area contributed by atoms with Crippen molar-refractivity contribution in [2.45, 2.75) is 13.5 Å². The number of carbonyl (C=O) groups is 1. The van der Waals surface area contributed by atoms with Crippen LogP contribution in [0.2, 0.25) is 15.1 Å². The summed E-state index contributed by atoms with van der Waals surface area (Å²) in [5, 5.41) is 9.97. The fraction of sp³-hybridized carbons (Fsp3) is 0.120. The van der Waals surface area contributed by atoms with Gasteiger partial charge in [-0.25, -0.2) is 5.43 Å². The molecule has 1 aromatic heterocycles. The molecule has 33 heavy (non-hydrogen) atoms. The molecule has 2 N–H and O–H groups in total. The molecule has 0 fully saturated rings. The second-order valence-electron chi connectivity index (χ2n) is 7.50. The van der Waals surface area contributed by atoms with E-state index >= 15 is 0 Å². The third-order valence-electron chi connectivity index (χ3n) is 5.28. The largest absolute Gasteiger partial charge is 0.376 e. The van der Waals surface area contributed by atoms with E-state index in [0.717, 1.165) is 33.4 Å². The highest BCUT2D eigenvalue weighted by Gasteiger charge is 2.13. The van der Waals surface area contributed by atoms with Crippen LogP contribution in [0.3, 0.4) is 0 Å². The first-order valence-electron chi connectivity index (χ1n) is 10.3. The minimum Gasteiger partial charge on any atom is -0.376 e. The minimum atomic E-state index is -0.251. The Morgan fingerprint density at radius 3 is 2.52 bits per heavy atom. The Morgan fingerprint density at radius 1 is 1.00 bits per heavy atom. The Bertz CT molecular complexity index is 1330. The number of halogens is 3. The van der Waals surface area contributed by atoms with Crippen LogP contribution < -0.4 is 10.7 Å². The Labute approximate surface area is 207 Å². The van der Waals surface area contributed by atoms with E-state index < -0.39 is 0 Å². The quantitative estimate of drug-likeness (QED) is 0.225. The highest BCUT2D eigenvalue weighted by atomic mass is 35.5. The predicted molar refractivity (Wildman–Crippen MR) is 138 cm³/mol. The molecule has 1 heterocycles. The van der Waals surface area contributed by atoms with Crippen molar-refractivity contribution in [3.8, 4) is 0 Å². The summed E-state index contributed by atoms with van der Waals surface area (Å²) in [5.41, 5.74) is 7.46. The third kappa shape index (κ3) is 5.50. The molecule has 4 rings (SSSR count). The molecule has 1 amide bonds. The van der Waals surface area contributed by atoms with Crippen molar-refractivity contribution in [1.82, 2.24) is 9.99 Å². The number of para-hydroxylation sites is 1. The van der Waals surface area contributed by atoms with E-state index in [-0.39, 0.29) is 12.5 Å². The number of aromatic nitrogens is 1. The average molecular weight is 500 g/mol. The van der Waals surface area contributed by atoms with Crippen molar-refractivity contribution >= 4 is 63.5 Å². The lowest BCUT2D eigenvalue weighted by Crippen LogP contribution is -2.25. The standard InChI is InChI=1S/C25H21Cl3N4O/c1-16-21(13-30-31-25(33)14-29-19-9-7-18(26)8-10-19)20-4-2-3-5-24(20)32(16)15-17-6-11-22(27)23(28)12-17/h2-13,29H,14-15H2,1H3,(H,31,33)/b30-13-. The van der Waals surface area contributed by atoms with Crippen LogP contribution in [-0.2, 0) is 11.3 Å². The van der Waals surface area contributed by atoms with Crippen LogP contribution in [0.5, 0.6) is 0 Å². The summed E-state index contributed by atoms with van der Waals surface area (Å²) >= 11 is 18.1. The Hall–Kier alpha value is -2.99. The van der Waals surface area contributed by atoms with Gasteiger partial charge >= 0.3 is 0 Å². The van der Waals surface area contributed by atoms with Crippen LogP contribution in [0.25, 0.3) is 10.9 Å². The minimum absolute atomic E-state index is 0.0943. The highest BCUT2D eigenvalue weighted by molar-refractivity contribution is 6.42. The van der Waals surface area contributed by atoms with Gasteiger partial charge in [0.25, 0.3) is 5.91 Å². The summed E-state index contributed by atoms with van der Waals surface area (Å²) < 4.78 is 2.19. The van der Waals surface area contributed by atoms with Gasteiger partial charge in [-0.05, 0) is 55.0 Å². The number of benzene rings is 3. The Kier molecular flexibility index (Phi) is 7.23. The number of nitrogens with zero attached hydrogens (tertiary/aromatic N) is 2. The smallest absolute Gasteiger partial charge is 0.259 e. The number of fused-ring (bicyclic) bond motifs is 1. The number of anilines is 1. The predicted octanol–water partition coefficient (Wildman–Crippen LogP) is 6.52. The van der Waals surface area contributed by atoms with Crippen molar-refractivity contribution in [3.05, 3.63) is 98.6 Å². The summed E-state index contributed by atoms with van der Waals surface area (Å²) in [5.74, 6) is -0.251. The molecule has 8 heteroatoms. The molecule has 3 aromatic carbocycles. The number of hydrazone groups is 1. The number of amides is 1. The molecule has 0 aliphatic carbocycles. The van der Waals surface area contributed by atoms with Gasteiger partial charge in [0.05, 0.1) is 22.8 Å². The van der Waals surface area contributed by atoms with Crippen molar-refractivity contribution < 1.29 is 4.79 Å². The van der Waals surface area contributed by atoms with E-state index in [2.05, 4.69) is 26.5 Å². The van der Waals surface area contributed by atoms with E-state index in [4.69, 9.17) is 34.8 Å². The maximum absolute atomic E-state index is 12.2. The second kappa shape index (κ2) is 10.3. The molecule has 0 bridgehead atoms. The number of nitrogens with one attached hydrogen (secondary N) is 2. The molecule has 0 saturated carbocycles. The number of carbonyl (C=O) groups excluding carboxylic acids is 1. The van der Waals surface area contributed by atoms with Gasteiger partial charge in [-0.2, -0.15) is 5.10 Å². The fourth-order valence-electron chi connectivity index (χ4n) is 3.60. The van der Waals surface area contributed by atoms with Gasteiger partial charge in [0.15, 0.2) is 0 Å². The average Bonchev–Trinajstić information content (AvgIpc) is 3.07. The molecule has 0 saturated heterocycles. The van der Waals surface area contributed by atoms with E-state index in [1.807, 2.05) is 49.4 Å². The second-order valence-corrected chi connectivity index (χ2v) is 8.76. The zero-order valence-corrected chi connectivity index (χ0v) is 20.0. The number of rotatable bonds is 7. The molecule has 168 valence electrons. The van der Waals surface area contributed by atoms with Gasteiger partial charge in [0.1, 0.15) is 0 Å². The van der Waals surface area contributed by atoms with Crippen molar-refractivity contribution in [2.75, 3.05) is 11.9 Å². The van der Waals surface area contributed by atoms with Crippen LogP contribution >= 0.6 is 34.8 Å². The monoisotopic (exact) mass is 498 g/mol. The summed E-state index contributed by atoms with van der Waals surface area (Å²) in [4.78, 5) is 12.2. The Morgan fingerprint density at radius 2 is 1.76 bits per heavy atom. The van der Waals surface area contributed by atoms with Gasteiger partial charge in [-0.3, -0.25) is 4.79 Å². The molecule has 0 spiro atoms. The lowest BCUT2D eigenvalue weighted by molar-refractivity contribution is -0.119. The van der Waals surface area contributed by atoms with Crippen molar-refractivity contribution in [3.63, 3.8) is 0 Å². The summed E-state index contributed by atoms with van der Waals surface area (Å²) in [6.07, 6.45) is 1.68. The van der Waals surface area contributed by atoms with Crippen LogP contribution in [-0.4, -0.2) is 23.2 Å². The van der Waals surface area contributed by atoms with Crippen LogP contribution in [0.15, 0.2) is 71.8 Å². The molecule has 0 atom stereocenters. The molecule has 0 unspecified atom stereocenters. The van der Waals surface area contributed by atoms with E-state index in [1.165, 1.54) is 0 Å². The first kappa shape index (κ1) is 23.2. The zero-order chi connectivity index (χ0) is 23.4. The van der Waals surface area contributed by atoms with E-state index in [0.29, 0.717) is 21.6 Å². The Balaban J connectivity index is 1.49. The van der Waals surface area contributed by atoms with E-state index in [1.54, 1.807) is 24.4 Å². The molecular weight excluding hydrogens is 479 g/mol. The molecule has 0 aliphatic rings. The van der Waals surface area contributed by atoms with Gasteiger partial charge in [0.2, 0.25) is 0 Å². The lowest BCUT2D eigenvalue weighted by atomic mass is 10.1. The maximum atomic E-state index is 12.2. The lowest BCUT2D eigenvalue weighted by Gasteiger charge is -2.09. The molecular formula is C25H21Cl3N4O. The van der Waals surface area contributed by atoms with Gasteiger partial charge in [-0.1, -0.05) is 59.1 Å². The number of hydrogen-bond donors (Lipinski definition) is 2. The molecule has 0 radical (unpaired) electrons. The molecule has 4 aromatic rings. The van der Waals surface area contributed by atoms with Crippen molar-refractivity contribution in [1.29, 1.82) is 0 Å².